The van der Waals surface area contributed by atoms with Crippen LogP contribution in [0.25, 0.3) is 0 Å². The third-order valence-electron chi connectivity index (χ3n) is 7.00. The van der Waals surface area contributed by atoms with Gasteiger partial charge in [0.2, 0.25) is 24.5 Å². The van der Waals surface area contributed by atoms with Crippen LogP contribution < -0.4 is 20.1 Å². The lowest BCUT2D eigenvalue weighted by Crippen LogP contribution is -2.60. The van der Waals surface area contributed by atoms with E-state index in [1.165, 1.54) is 5.56 Å². The van der Waals surface area contributed by atoms with Crippen LogP contribution >= 0.6 is 0 Å². The average molecular weight is 508 g/mol. The van der Waals surface area contributed by atoms with Crippen LogP contribution in [0, 0.1) is 6.92 Å². The Bertz CT molecular complexity index is 1160. The van der Waals surface area contributed by atoms with E-state index in [-0.39, 0.29) is 37.5 Å². The Kier molecular flexibility index (Phi) is 7.57. The zero-order valence-corrected chi connectivity index (χ0v) is 21.1. The van der Waals surface area contributed by atoms with E-state index in [2.05, 4.69) is 26.5 Å². The first kappa shape index (κ1) is 25.0. The molecular weight excluding hydrogens is 474 g/mol. The molecule has 2 aromatic rings. The number of nitrogens with zero attached hydrogens (tertiary/aromatic N) is 3. The molecule has 37 heavy (non-hydrogen) atoms. The number of benzene rings is 2. The summed E-state index contributed by atoms with van der Waals surface area (Å²) < 4.78 is 10.9. The molecule has 2 N–H and O–H groups in total. The molecule has 196 valence electrons. The quantitative estimate of drug-likeness (QED) is 0.581. The van der Waals surface area contributed by atoms with Gasteiger partial charge < -0.3 is 25.0 Å². The third-order valence-corrected chi connectivity index (χ3v) is 7.00. The summed E-state index contributed by atoms with van der Waals surface area (Å²) in [5.74, 6) is 0.876. The predicted molar refractivity (Wildman–Crippen MR) is 137 cm³/mol. The van der Waals surface area contributed by atoms with Gasteiger partial charge in [0, 0.05) is 51.5 Å². The first-order valence-corrected chi connectivity index (χ1v) is 12.7. The molecule has 2 saturated heterocycles. The Labute approximate surface area is 216 Å². The van der Waals surface area contributed by atoms with Gasteiger partial charge in [-0.25, -0.2) is 0 Å². The molecule has 10 nitrogen and oxygen atoms in total. The SMILES string of the molecule is Cc1cccc(NC(=O)C[C@@H]2C(=O)NCCN2C(=O)CN2CCN(Cc3ccc4c(c3)OCO4)CC2)c1. The van der Waals surface area contributed by atoms with Crippen molar-refractivity contribution in [3.05, 3.63) is 53.6 Å². The molecule has 10 heteroatoms. The summed E-state index contributed by atoms with van der Waals surface area (Å²) in [5.41, 5.74) is 2.87. The molecular formula is C27H33N5O5. The summed E-state index contributed by atoms with van der Waals surface area (Å²) in [4.78, 5) is 44.5. The smallest absolute Gasteiger partial charge is 0.243 e. The van der Waals surface area contributed by atoms with Crippen LogP contribution in [0.3, 0.4) is 0 Å². The standard InChI is InChI=1S/C27H33N5O5/c1-19-3-2-4-21(13-19)29-25(33)15-22-27(35)28-7-8-32(22)26(34)17-31-11-9-30(10-12-31)16-20-5-6-23-24(14-20)37-18-36-23/h2-6,13-14,22H,7-12,15-18H2,1H3,(H,28,35)(H,29,33)/t22-/m1/s1. The molecule has 3 amide bonds. The van der Waals surface area contributed by atoms with Gasteiger partial charge in [-0.2, -0.15) is 0 Å². The van der Waals surface area contributed by atoms with Gasteiger partial charge in [-0.15, -0.1) is 0 Å². The van der Waals surface area contributed by atoms with E-state index in [4.69, 9.17) is 9.47 Å². The number of rotatable bonds is 7. The Hall–Kier alpha value is -3.63. The van der Waals surface area contributed by atoms with Gasteiger partial charge in [0.15, 0.2) is 11.5 Å². The van der Waals surface area contributed by atoms with Gasteiger partial charge >= 0.3 is 0 Å². The highest BCUT2D eigenvalue weighted by Gasteiger charge is 2.35. The molecule has 0 saturated carbocycles. The van der Waals surface area contributed by atoms with Crippen molar-refractivity contribution in [2.24, 2.45) is 0 Å². The number of amides is 3. The average Bonchev–Trinajstić information content (AvgIpc) is 3.34. The van der Waals surface area contributed by atoms with E-state index in [1.54, 1.807) is 11.0 Å². The maximum Gasteiger partial charge on any atom is 0.243 e. The number of piperazine rings is 2. The highest BCUT2D eigenvalue weighted by Crippen LogP contribution is 2.32. The fraction of sp³-hybridized carbons (Fsp3) is 0.444. The van der Waals surface area contributed by atoms with E-state index in [9.17, 15) is 14.4 Å². The summed E-state index contributed by atoms with van der Waals surface area (Å²) in [5, 5.41) is 5.64. The number of anilines is 1. The highest BCUT2D eigenvalue weighted by atomic mass is 16.7. The highest BCUT2D eigenvalue weighted by molar-refractivity contribution is 5.97. The molecule has 1 atom stereocenters. The van der Waals surface area contributed by atoms with Gasteiger partial charge in [0.05, 0.1) is 13.0 Å². The number of nitrogens with one attached hydrogen (secondary N) is 2. The summed E-state index contributed by atoms with van der Waals surface area (Å²) in [6.45, 7) is 7.24. The largest absolute Gasteiger partial charge is 0.454 e. The second-order valence-corrected chi connectivity index (χ2v) is 9.76. The van der Waals surface area contributed by atoms with Crippen LogP contribution in [0.5, 0.6) is 11.5 Å². The van der Waals surface area contributed by atoms with Crippen LogP contribution in [-0.4, -0.2) is 91.1 Å². The monoisotopic (exact) mass is 507 g/mol. The molecule has 0 aromatic heterocycles. The van der Waals surface area contributed by atoms with Gasteiger partial charge in [-0.1, -0.05) is 18.2 Å². The Morgan fingerprint density at radius 2 is 1.78 bits per heavy atom. The second kappa shape index (κ2) is 11.2. The summed E-state index contributed by atoms with van der Waals surface area (Å²) in [6.07, 6.45) is -0.0746. The predicted octanol–water partition coefficient (Wildman–Crippen LogP) is 1.20. The van der Waals surface area contributed by atoms with Crippen LogP contribution in [0.4, 0.5) is 5.69 Å². The normalized spacial score (nSPS) is 20.0. The fourth-order valence-corrected chi connectivity index (χ4v) is 5.01. The zero-order chi connectivity index (χ0) is 25.8. The third kappa shape index (κ3) is 6.20. The summed E-state index contributed by atoms with van der Waals surface area (Å²) in [6, 6.07) is 12.7. The lowest BCUT2D eigenvalue weighted by atomic mass is 10.1. The van der Waals surface area contributed by atoms with E-state index in [0.29, 0.717) is 18.8 Å². The molecule has 3 aliphatic rings. The van der Waals surface area contributed by atoms with E-state index in [1.807, 2.05) is 37.3 Å². The van der Waals surface area contributed by atoms with Gasteiger partial charge in [0.25, 0.3) is 0 Å². The molecule has 0 bridgehead atoms. The Morgan fingerprint density at radius 1 is 1.00 bits per heavy atom. The van der Waals surface area contributed by atoms with Crippen molar-refractivity contribution in [2.75, 3.05) is 57.9 Å². The van der Waals surface area contributed by atoms with E-state index < -0.39 is 6.04 Å². The first-order valence-electron chi connectivity index (χ1n) is 12.7. The van der Waals surface area contributed by atoms with Gasteiger partial charge in [0.1, 0.15) is 6.04 Å². The van der Waals surface area contributed by atoms with Gasteiger partial charge in [-0.05, 0) is 42.3 Å². The zero-order valence-electron chi connectivity index (χ0n) is 21.1. The molecule has 3 aliphatic heterocycles. The molecule has 0 radical (unpaired) electrons. The molecule has 2 fully saturated rings. The van der Waals surface area contributed by atoms with Crippen molar-refractivity contribution in [2.45, 2.75) is 25.9 Å². The lowest BCUT2D eigenvalue weighted by molar-refractivity contribution is -0.145. The minimum Gasteiger partial charge on any atom is -0.454 e. The van der Waals surface area contributed by atoms with Crippen LogP contribution in [0.1, 0.15) is 17.5 Å². The van der Waals surface area contributed by atoms with Crippen LogP contribution in [0.15, 0.2) is 42.5 Å². The minimum atomic E-state index is -0.807. The van der Waals surface area contributed by atoms with E-state index >= 15 is 0 Å². The summed E-state index contributed by atoms with van der Waals surface area (Å²) >= 11 is 0. The molecule has 0 unspecified atom stereocenters. The maximum absolute atomic E-state index is 13.2. The van der Waals surface area contributed by atoms with Crippen molar-refractivity contribution < 1.29 is 23.9 Å². The van der Waals surface area contributed by atoms with Crippen molar-refractivity contribution in [3.8, 4) is 11.5 Å². The van der Waals surface area contributed by atoms with Crippen LogP contribution in [0.2, 0.25) is 0 Å². The van der Waals surface area contributed by atoms with Gasteiger partial charge in [-0.3, -0.25) is 24.2 Å². The number of fused-ring (bicyclic) bond motifs is 1. The van der Waals surface area contributed by atoms with Crippen molar-refractivity contribution in [1.29, 1.82) is 0 Å². The number of hydrogen-bond acceptors (Lipinski definition) is 7. The second-order valence-electron chi connectivity index (χ2n) is 9.76. The van der Waals surface area contributed by atoms with Crippen molar-refractivity contribution >= 4 is 23.4 Å². The number of ether oxygens (including phenoxy) is 2. The first-order chi connectivity index (χ1) is 17.9. The molecule has 3 heterocycles. The minimum absolute atomic E-state index is 0.0746. The summed E-state index contributed by atoms with van der Waals surface area (Å²) in [7, 11) is 0. The Morgan fingerprint density at radius 3 is 2.59 bits per heavy atom. The fourth-order valence-electron chi connectivity index (χ4n) is 5.01. The molecule has 0 aliphatic carbocycles. The number of carbonyl (C=O) groups is 3. The molecule has 0 spiro atoms. The van der Waals surface area contributed by atoms with E-state index in [0.717, 1.165) is 49.8 Å². The molecule has 2 aromatic carbocycles. The van der Waals surface area contributed by atoms with Crippen molar-refractivity contribution in [3.63, 3.8) is 0 Å². The number of aryl methyl sites for hydroxylation is 1. The number of hydrogen-bond donors (Lipinski definition) is 2. The van der Waals surface area contributed by atoms with Crippen molar-refractivity contribution in [1.82, 2.24) is 20.0 Å². The molecule has 5 rings (SSSR count). The lowest BCUT2D eigenvalue weighted by Gasteiger charge is -2.38. The maximum atomic E-state index is 13.2. The topological polar surface area (TPSA) is 103 Å². The Balaban J connectivity index is 1.12. The van der Waals surface area contributed by atoms with Crippen LogP contribution in [-0.2, 0) is 20.9 Å². The number of carbonyl (C=O) groups excluding carboxylic acids is 3.